The topological polar surface area (TPSA) is 131 Å². The fourth-order valence-electron chi connectivity index (χ4n) is 2.22. The Kier molecular flexibility index (Phi) is 3.81. The lowest BCUT2D eigenvalue weighted by Crippen LogP contribution is -2.34. The van der Waals surface area contributed by atoms with E-state index in [1.54, 1.807) is 0 Å². The Morgan fingerprint density at radius 1 is 1.52 bits per heavy atom. The van der Waals surface area contributed by atoms with Crippen LogP contribution in [0, 0.1) is 10.1 Å². The number of anilines is 1. The molecule has 2 heterocycles. The van der Waals surface area contributed by atoms with E-state index >= 15 is 0 Å². The number of hydrogen-bond acceptors (Lipinski definition) is 7. The fraction of sp³-hybridized carbons (Fsp3) is 0.455. The molecule has 0 spiro atoms. The van der Waals surface area contributed by atoms with E-state index < -0.39 is 26.8 Å². The molecule has 1 aliphatic rings. The van der Waals surface area contributed by atoms with Gasteiger partial charge in [-0.25, -0.2) is 18.2 Å². The lowest BCUT2D eigenvalue weighted by Gasteiger charge is -2.24. The fourth-order valence-corrected chi connectivity index (χ4v) is 3.99. The van der Waals surface area contributed by atoms with Gasteiger partial charge in [0.15, 0.2) is 15.5 Å². The average molecular weight is 315 g/mol. The number of carboxylic acids is 1. The third-order valence-electron chi connectivity index (χ3n) is 3.36. The molecule has 0 aromatic carbocycles. The third kappa shape index (κ3) is 3.10. The maximum atomic E-state index is 11.5. The van der Waals surface area contributed by atoms with Crippen molar-refractivity contribution in [2.75, 3.05) is 23.5 Å². The van der Waals surface area contributed by atoms with Crippen molar-refractivity contribution in [2.24, 2.45) is 0 Å². The van der Waals surface area contributed by atoms with Crippen LogP contribution in [0.3, 0.4) is 0 Å². The first-order chi connectivity index (χ1) is 9.71. The van der Waals surface area contributed by atoms with Gasteiger partial charge in [0.1, 0.15) is 0 Å². The van der Waals surface area contributed by atoms with Crippen molar-refractivity contribution < 1.29 is 23.2 Å². The van der Waals surface area contributed by atoms with Crippen LogP contribution in [0.15, 0.2) is 12.1 Å². The van der Waals surface area contributed by atoms with Gasteiger partial charge in [-0.15, -0.1) is 0 Å². The molecule has 1 atom stereocenters. The van der Waals surface area contributed by atoms with Crippen LogP contribution in [0.1, 0.15) is 16.9 Å². The highest BCUT2D eigenvalue weighted by Gasteiger charge is 2.34. The van der Waals surface area contributed by atoms with Crippen LogP contribution in [0.5, 0.6) is 0 Å². The maximum absolute atomic E-state index is 11.5. The molecule has 0 bridgehead atoms. The van der Waals surface area contributed by atoms with Gasteiger partial charge in [-0.2, -0.15) is 0 Å². The summed E-state index contributed by atoms with van der Waals surface area (Å²) in [5, 5.41) is 19.9. The maximum Gasteiger partial charge on any atom is 0.354 e. The number of carboxylic acid groups (broad SMARTS) is 1. The van der Waals surface area contributed by atoms with Gasteiger partial charge in [-0.1, -0.05) is 0 Å². The van der Waals surface area contributed by atoms with Crippen LogP contribution in [-0.2, 0) is 9.84 Å². The van der Waals surface area contributed by atoms with E-state index in [2.05, 4.69) is 4.98 Å². The van der Waals surface area contributed by atoms with Crippen LogP contribution in [0.2, 0.25) is 0 Å². The monoisotopic (exact) mass is 315 g/mol. The van der Waals surface area contributed by atoms with Crippen molar-refractivity contribution in [3.05, 3.63) is 27.9 Å². The minimum absolute atomic E-state index is 0.00836. The molecular weight excluding hydrogens is 302 g/mol. The highest BCUT2D eigenvalue weighted by molar-refractivity contribution is 7.91. The second kappa shape index (κ2) is 5.28. The number of aromatic nitrogens is 1. The van der Waals surface area contributed by atoms with Crippen LogP contribution in [0.25, 0.3) is 0 Å². The first-order valence-electron chi connectivity index (χ1n) is 6.03. The Morgan fingerprint density at radius 2 is 2.19 bits per heavy atom. The largest absolute Gasteiger partial charge is 0.477 e. The quantitative estimate of drug-likeness (QED) is 0.620. The number of carbonyl (C=O) groups is 1. The standard InChI is InChI=1S/C11H13N3O6S/c1-13(7-4-5-21(19,20)6-7)10-9(14(17)18)3-2-8(12-10)11(15)16/h2-3,7H,4-6H2,1H3,(H,15,16). The van der Waals surface area contributed by atoms with Gasteiger partial charge >= 0.3 is 11.7 Å². The summed E-state index contributed by atoms with van der Waals surface area (Å²) in [4.78, 5) is 26.4. The van der Waals surface area contributed by atoms with Gasteiger partial charge < -0.3 is 10.0 Å². The average Bonchev–Trinajstić information content (AvgIpc) is 2.77. The van der Waals surface area contributed by atoms with E-state index in [9.17, 15) is 23.3 Å². The predicted molar refractivity (Wildman–Crippen MR) is 73.3 cm³/mol. The van der Waals surface area contributed by atoms with E-state index in [1.807, 2.05) is 0 Å². The summed E-state index contributed by atoms with van der Waals surface area (Å²) in [6.45, 7) is 0. The zero-order valence-electron chi connectivity index (χ0n) is 11.1. The summed E-state index contributed by atoms with van der Waals surface area (Å²) in [5.74, 6) is -1.56. The smallest absolute Gasteiger partial charge is 0.354 e. The number of sulfone groups is 1. The van der Waals surface area contributed by atoms with E-state index in [-0.39, 0.29) is 28.7 Å². The molecule has 1 N–H and O–H groups in total. The Hall–Kier alpha value is -2.23. The summed E-state index contributed by atoms with van der Waals surface area (Å²) in [7, 11) is -1.69. The Balaban J connectivity index is 2.43. The second-order valence-corrected chi connectivity index (χ2v) is 7.00. The molecule has 2 rings (SSSR count). The highest BCUT2D eigenvalue weighted by atomic mass is 32.2. The zero-order valence-corrected chi connectivity index (χ0v) is 11.9. The van der Waals surface area contributed by atoms with E-state index in [0.29, 0.717) is 6.42 Å². The van der Waals surface area contributed by atoms with Crippen molar-refractivity contribution >= 4 is 27.3 Å². The number of aromatic carboxylic acids is 1. The zero-order chi connectivity index (χ0) is 15.8. The van der Waals surface area contributed by atoms with Crippen LogP contribution in [0.4, 0.5) is 11.5 Å². The molecule has 114 valence electrons. The van der Waals surface area contributed by atoms with Crippen molar-refractivity contribution in [1.82, 2.24) is 4.98 Å². The Bertz CT molecular complexity index is 702. The molecule has 0 amide bonds. The van der Waals surface area contributed by atoms with Crippen LogP contribution < -0.4 is 4.90 Å². The van der Waals surface area contributed by atoms with Gasteiger partial charge in [-0.3, -0.25) is 10.1 Å². The molecule has 1 unspecified atom stereocenters. The number of nitrogens with zero attached hydrogens (tertiary/aromatic N) is 3. The van der Waals surface area contributed by atoms with Gasteiger partial charge in [0.2, 0.25) is 5.82 Å². The molecule has 0 aliphatic carbocycles. The van der Waals surface area contributed by atoms with Gasteiger partial charge in [0, 0.05) is 19.2 Å². The minimum Gasteiger partial charge on any atom is -0.477 e. The lowest BCUT2D eigenvalue weighted by atomic mass is 10.2. The van der Waals surface area contributed by atoms with Crippen LogP contribution >= 0.6 is 0 Å². The Labute approximate surface area is 120 Å². The molecule has 1 saturated heterocycles. The molecule has 0 saturated carbocycles. The third-order valence-corrected chi connectivity index (χ3v) is 5.11. The van der Waals surface area contributed by atoms with Crippen molar-refractivity contribution in [3.8, 4) is 0 Å². The summed E-state index contributed by atoms with van der Waals surface area (Å²) < 4.78 is 23.0. The summed E-state index contributed by atoms with van der Waals surface area (Å²) >= 11 is 0. The minimum atomic E-state index is -3.16. The molecule has 1 fully saturated rings. The van der Waals surface area contributed by atoms with E-state index in [1.165, 1.54) is 11.9 Å². The molecule has 21 heavy (non-hydrogen) atoms. The van der Waals surface area contributed by atoms with Gasteiger partial charge in [-0.05, 0) is 12.5 Å². The van der Waals surface area contributed by atoms with Crippen molar-refractivity contribution in [2.45, 2.75) is 12.5 Å². The SMILES string of the molecule is CN(c1nc(C(=O)O)ccc1[N+](=O)[O-])C1CCS(=O)(=O)C1. The molecule has 10 heteroatoms. The number of nitro groups is 1. The molecular formula is C11H13N3O6S. The van der Waals surface area contributed by atoms with E-state index in [0.717, 1.165) is 12.1 Å². The van der Waals surface area contributed by atoms with Crippen LogP contribution in [-0.4, -0.2) is 54.0 Å². The first kappa shape index (κ1) is 15.2. The molecule has 1 aromatic heterocycles. The van der Waals surface area contributed by atoms with Gasteiger partial charge in [0.25, 0.3) is 0 Å². The first-order valence-corrected chi connectivity index (χ1v) is 7.85. The van der Waals surface area contributed by atoms with Crippen molar-refractivity contribution in [3.63, 3.8) is 0 Å². The highest BCUT2D eigenvalue weighted by Crippen LogP contribution is 2.29. The summed E-state index contributed by atoms with van der Waals surface area (Å²) in [5.41, 5.74) is -0.685. The van der Waals surface area contributed by atoms with Crippen molar-refractivity contribution in [1.29, 1.82) is 0 Å². The predicted octanol–water partition coefficient (Wildman–Crippen LogP) is 0.311. The summed E-state index contributed by atoms with van der Waals surface area (Å²) in [6.07, 6.45) is 0.328. The normalized spacial score (nSPS) is 20.1. The lowest BCUT2D eigenvalue weighted by molar-refractivity contribution is -0.384. The van der Waals surface area contributed by atoms with Gasteiger partial charge in [0.05, 0.1) is 16.4 Å². The molecule has 0 radical (unpaired) electrons. The molecule has 1 aliphatic heterocycles. The summed E-state index contributed by atoms with van der Waals surface area (Å²) in [6, 6.07) is 1.65. The number of pyridine rings is 1. The molecule has 9 nitrogen and oxygen atoms in total. The number of hydrogen-bond donors (Lipinski definition) is 1. The second-order valence-electron chi connectivity index (χ2n) is 4.77. The Morgan fingerprint density at radius 3 is 2.67 bits per heavy atom. The molecule has 1 aromatic rings. The van der Waals surface area contributed by atoms with E-state index in [4.69, 9.17) is 5.11 Å². The number of rotatable bonds is 4.